The van der Waals surface area contributed by atoms with E-state index in [4.69, 9.17) is 10.8 Å². The molecule has 3 N–H and O–H groups in total. The molecular weight excluding hydrogens is 280 g/mol. The van der Waals surface area contributed by atoms with Crippen molar-refractivity contribution in [1.82, 2.24) is 0 Å². The number of nitrogens with zero attached hydrogens (tertiary/aromatic N) is 1. The Morgan fingerprint density at radius 1 is 1.55 bits per heavy atom. The fourth-order valence-corrected chi connectivity index (χ4v) is 3.93. The topological polar surface area (TPSA) is 101 Å². The Kier molecular flexibility index (Phi) is 3.75. The van der Waals surface area contributed by atoms with Gasteiger partial charge in [0.2, 0.25) is 10.0 Å². The first-order chi connectivity index (χ1) is 9.20. The zero-order valence-electron chi connectivity index (χ0n) is 11.4. The van der Waals surface area contributed by atoms with Gasteiger partial charge in [0.25, 0.3) is 0 Å². The third kappa shape index (κ3) is 2.78. The quantitative estimate of drug-likeness (QED) is 0.859. The highest BCUT2D eigenvalue weighted by molar-refractivity contribution is 7.92. The second-order valence-corrected chi connectivity index (χ2v) is 7.06. The van der Waals surface area contributed by atoms with Crippen LogP contribution in [-0.2, 0) is 21.2 Å². The summed E-state index contributed by atoms with van der Waals surface area (Å²) < 4.78 is 25.0. The highest BCUT2D eigenvalue weighted by Crippen LogP contribution is 2.35. The molecule has 1 aliphatic rings. The average molecular weight is 298 g/mol. The minimum absolute atomic E-state index is 0.133. The Labute approximate surface area is 118 Å². The SMILES string of the molecule is CC1Cc2cc(C(N)CC(=O)O)ccc2N1S(C)(=O)=O. The summed E-state index contributed by atoms with van der Waals surface area (Å²) in [6, 6.07) is 4.50. The van der Waals surface area contributed by atoms with Crippen molar-refractivity contribution in [2.45, 2.75) is 31.8 Å². The molecule has 6 nitrogen and oxygen atoms in total. The number of carboxylic acid groups (broad SMARTS) is 1. The second-order valence-electron chi connectivity index (χ2n) is 5.20. The van der Waals surface area contributed by atoms with Crippen LogP contribution in [0.3, 0.4) is 0 Å². The van der Waals surface area contributed by atoms with Crippen LogP contribution in [0.4, 0.5) is 5.69 Å². The molecule has 1 aromatic rings. The van der Waals surface area contributed by atoms with Gasteiger partial charge in [0.1, 0.15) is 0 Å². The summed E-state index contributed by atoms with van der Waals surface area (Å²) >= 11 is 0. The molecule has 2 unspecified atom stereocenters. The van der Waals surface area contributed by atoms with Crippen molar-refractivity contribution in [2.24, 2.45) is 5.73 Å². The third-order valence-corrected chi connectivity index (χ3v) is 4.71. The van der Waals surface area contributed by atoms with Gasteiger partial charge in [0.15, 0.2) is 0 Å². The van der Waals surface area contributed by atoms with Crippen LogP contribution in [0.15, 0.2) is 18.2 Å². The molecule has 1 aromatic carbocycles. The van der Waals surface area contributed by atoms with Crippen molar-refractivity contribution >= 4 is 21.7 Å². The van der Waals surface area contributed by atoms with E-state index < -0.39 is 22.0 Å². The van der Waals surface area contributed by atoms with E-state index in [1.54, 1.807) is 12.1 Å². The van der Waals surface area contributed by atoms with Gasteiger partial charge in [0.05, 0.1) is 18.4 Å². The Hall–Kier alpha value is -1.60. The zero-order valence-corrected chi connectivity index (χ0v) is 12.2. The van der Waals surface area contributed by atoms with E-state index in [0.29, 0.717) is 17.7 Å². The van der Waals surface area contributed by atoms with Gasteiger partial charge in [-0.3, -0.25) is 9.10 Å². The van der Waals surface area contributed by atoms with Crippen molar-refractivity contribution in [1.29, 1.82) is 0 Å². The van der Waals surface area contributed by atoms with Gasteiger partial charge in [0, 0.05) is 12.1 Å². The molecule has 110 valence electrons. The Morgan fingerprint density at radius 3 is 2.75 bits per heavy atom. The minimum atomic E-state index is -3.31. The van der Waals surface area contributed by atoms with E-state index in [9.17, 15) is 13.2 Å². The summed E-state index contributed by atoms with van der Waals surface area (Å²) in [4.78, 5) is 10.7. The van der Waals surface area contributed by atoms with Gasteiger partial charge in [-0.1, -0.05) is 12.1 Å². The maximum Gasteiger partial charge on any atom is 0.305 e. The summed E-state index contributed by atoms with van der Waals surface area (Å²) in [5.74, 6) is -0.955. The van der Waals surface area contributed by atoms with E-state index in [1.165, 1.54) is 10.6 Å². The Balaban J connectivity index is 2.36. The maximum atomic E-state index is 11.8. The molecule has 2 atom stereocenters. The Morgan fingerprint density at radius 2 is 2.20 bits per heavy atom. The van der Waals surface area contributed by atoms with E-state index in [-0.39, 0.29) is 12.5 Å². The van der Waals surface area contributed by atoms with Gasteiger partial charge in [-0.05, 0) is 30.5 Å². The van der Waals surface area contributed by atoms with Crippen LogP contribution >= 0.6 is 0 Å². The lowest BCUT2D eigenvalue weighted by Gasteiger charge is -2.22. The number of rotatable bonds is 4. The first-order valence-corrected chi connectivity index (χ1v) is 8.14. The van der Waals surface area contributed by atoms with E-state index >= 15 is 0 Å². The lowest BCUT2D eigenvalue weighted by Crippen LogP contribution is -2.34. The van der Waals surface area contributed by atoms with Gasteiger partial charge < -0.3 is 10.8 Å². The molecular formula is C13H18N2O4S. The summed E-state index contributed by atoms with van der Waals surface area (Å²) in [6.07, 6.45) is 1.64. The maximum absolute atomic E-state index is 11.8. The highest BCUT2D eigenvalue weighted by atomic mass is 32.2. The summed E-state index contributed by atoms with van der Waals surface area (Å²) in [6.45, 7) is 1.85. The van der Waals surface area contributed by atoms with Gasteiger partial charge >= 0.3 is 5.97 Å². The molecule has 20 heavy (non-hydrogen) atoms. The molecule has 0 aromatic heterocycles. The largest absolute Gasteiger partial charge is 0.481 e. The summed E-state index contributed by atoms with van der Waals surface area (Å²) in [5, 5.41) is 8.76. The number of benzene rings is 1. The average Bonchev–Trinajstić information content (AvgIpc) is 2.61. The van der Waals surface area contributed by atoms with Gasteiger partial charge in [-0.2, -0.15) is 0 Å². The second kappa shape index (κ2) is 5.06. The predicted molar refractivity (Wildman–Crippen MR) is 76.1 cm³/mol. The third-order valence-electron chi connectivity index (χ3n) is 3.44. The summed E-state index contributed by atoms with van der Waals surface area (Å²) in [7, 11) is -3.31. The molecule has 0 saturated heterocycles. The number of aliphatic carboxylic acids is 1. The van der Waals surface area contributed by atoms with Crippen molar-refractivity contribution in [3.63, 3.8) is 0 Å². The van der Waals surface area contributed by atoms with Crippen LogP contribution in [0.5, 0.6) is 0 Å². The van der Waals surface area contributed by atoms with Crippen LogP contribution in [0.2, 0.25) is 0 Å². The van der Waals surface area contributed by atoms with Crippen LogP contribution < -0.4 is 10.0 Å². The van der Waals surface area contributed by atoms with Crippen molar-refractivity contribution in [3.8, 4) is 0 Å². The van der Waals surface area contributed by atoms with Crippen LogP contribution in [0.25, 0.3) is 0 Å². The van der Waals surface area contributed by atoms with Crippen molar-refractivity contribution < 1.29 is 18.3 Å². The van der Waals surface area contributed by atoms with E-state index in [2.05, 4.69) is 0 Å². The molecule has 2 rings (SSSR count). The van der Waals surface area contributed by atoms with Crippen LogP contribution in [0, 0.1) is 0 Å². The number of anilines is 1. The first kappa shape index (κ1) is 14.8. The molecule has 0 spiro atoms. The number of sulfonamides is 1. The number of hydrogen-bond acceptors (Lipinski definition) is 4. The van der Waals surface area contributed by atoms with E-state index in [1.807, 2.05) is 13.0 Å². The minimum Gasteiger partial charge on any atom is -0.481 e. The molecule has 0 bridgehead atoms. The molecule has 0 radical (unpaired) electrons. The number of carbonyl (C=O) groups is 1. The fraction of sp³-hybridized carbons (Fsp3) is 0.462. The van der Waals surface area contributed by atoms with Crippen molar-refractivity contribution in [2.75, 3.05) is 10.6 Å². The number of hydrogen-bond donors (Lipinski definition) is 2. The number of carboxylic acids is 1. The monoisotopic (exact) mass is 298 g/mol. The lowest BCUT2D eigenvalue weighted by molar-refractivity contribution is -0.137. The summed E-state index contributed by atoms with van der Waals surface area (Å²) in [5.41, 5.74) is 8.10. The van der Waals surface area contributed by atoms with Crippen LogP contribution in [-0.4, -0.2) is 31.8 Å². The van der Waals surface area contributed by atoms with Gasteiger partial charge in [-0.15, -0.1) is 0 Å². The zero-order chi connectivity index (χ0) is 15.1. The van der Waals surface area contributed by atoms with E-state index in [0.717, 1.165) is 5.56 Å². The molecule has 0 aliphatic carbocycles. The lowest BCUT2D eigenvalue weighted by atomic mass is 10.0. The fourth-order valence-electron chi connectivity index (χ4n) is 2.66. The molecule has 1 heterocycles. The normalized spacial score (nSPS) is 19.8. The number of nitrogens with two attached hydrogens (primary N) is 1. The number of fused-ring (bicyclic) bond motifs is 1. The molecule has 0 amide bonds. The first-order valence-electron chi connectivity index (χ1n) is 6.29. The predicted octanol–water partition coefficient (Wildman–Crippen LogP) is 0.872. The molecule has 1 aliphatic heterocycles. The molecule has 7 heteroatoms. The van der Waals surface area contributed by atoms with Crippen molar-refractivity contribution in [3.05, 3.63) is 29.3 Å². The molecule has 0 saturated carbocycles. The molecule has 0 fully saturated rings. The smallest absolute Gasteiger partial charge is 0.305 e. The standard InChI is InChI=1S/C13H18N2O4S/c1-8-5-10-6-9(11(14)7-13(16)17)3-4-12(10)15(8)20(2,18)19/h3-4,6,8,11H,5,7,14H2,1-2H3,(H,16,17). The Bertz CT molecular complexity index is 642. The van der Waals surface area contributed by atoms with Crippen LogP contribution in [0.1, 0.15) is 30.5 Å². The highest BCUT2D eigenvalue weighted by Gasteiger charge is 2.32. The van der Waals surface area contributed by atoms with Gasteiger partial charge in [-0.25, -0.2) is 8.42 Å².